The number of hydrogen-bond acceptors (Lipinski definition) is 3. The molecule has 0 aliphatic carbocycles. The summed E-state index contributed by atoms with van der Waals surface area (Å²) in [5, 5.41) is 5.55. The van der Waals surface area contributed by atoms with Crippen LogP contribution in [0.5, 0.6) is 0 Å². The third-order valence-electron chi connectivity index (χ3n) is 5.20. The summed E-state index contributed by atoms with van der Waals surface area (Å²) in [4.78, 5) is 5.75. The number of halogens is 1. The smallest absolute Gasteiger partial charge is 0.153 e. The second-order valence-electron chi connectivity index (χ2n) is 7.64. The van der Waals surface area contributed by atoms with Crippen LogP contribution in [0.1, 0.15) is 33.6 Å². The van der Waals surface area contributed by atoms with Crippen molar-refractivity contribution in [2.24, 2.45) is 5.16 Å². The average molecular weight is 462 g/mol. The monoisotopic (exact) mass is 461 g/mol. The molecule has 30 heavy (non-hydrogen) atoms. The van der Waals surface area contributed by atoms with Gasteiger partial charge in [0, 0.05) is 16.3 Å². The maximum atomic E-state index is 6.13. The molecule has 0 saturated carbocycles. The highest BCUT2D eigenvalue weighted by Crippen LogP contribution is 2.26. The van der Waals surface area contributed by atoms with Gasteiger partial charge in [-0.25, -0.2) is 0 Å². The molecule has 0 radical (unpaired) electrons. The summed E-state index contributed by atoms with van der Waals surface area (Å²) in [5.41, 5.74) is 7.72. The number of fused-ring (bicyclic) bond motifs is 1. The Morgan fingerprint density at radius 3 is 2.40 bits per heavy atom. The van der Waals surface area contributed by atoms with Crippen LogP contribution in [0.2, 0.25) is 0 Å². The van der Waals surface area contributed by atoms with Crippen LogP contribution in [-0.4, -0.2) is 5.71 Å². The van der Waals surface area contributed by atoms with E-state index >= 15 is 0 Å². The molecule has 0 fully saturated rings. The Morgan fingerprint density at radius 2 is 1.67 bits per heavy atom. The van der Waals surface area contributed by atoms with Crippen molar-refractivity contribution in [1.29, 1.82) is 0 Å². The van der Waals surface area contributed by atoms with Crippen LogP contribution < -0.4 is 0 Å². The van der Waals surface area contributed by atoms with Gasteiger partial charge in [0.25, 0.3) is 0 Å². The predicted octanol–water partition coefficient (Wildman–Crippen LogP) is 7.28. The summed E-state index contributed by atoms with van der Waals surface area (Å²) in [7, 11) is 0. The van der Waals surface area contributed by atoms with E-state index in [0.717, 1.165) is 32.5 Å². The first-order valence-electron chi connectivity index (χ1n) is 9.98. The van der Waals surface area contributed by atoms with Crippen LogP contribution in [0.15, 0.2) is 80.8 Å². The van der Waals surface area contributed by atoms with E-state index in [1.165, 1.54) is 22.3 Å². The minimum Gasteiger partial charge on any atom is -0.455 e. The fraction of sp³-hybridized carbons (Fsp3) is 0.192. The number of rotatable bonds is 6. The van der Waals surface area contributed by atoms with E-state index in [0.29, 0.717) is 13.0 Å². The van der Waals surface area contributed by atoms with Gasteiger partial charge in [0.05, 0.1) is 0 Å². The quantitative estimate of drug-likeness (QED) is 0.223. The molecular formula is C26H24BrNO2. The standard InChI is InChI=1S/C26H24BrNO2/c1-17-11-18(2)23(19(3)12-17)15-24(28-29-16-20-7-5-4-6-8-20)26-14-21-13-22(27)9-10-25(21)30-26/h4-14H,15-16H2,1-3H3. The van der Waals surface area contributed by atoms with Crippen molar-refractivity contribution in [1.82, 2.24) is 0 Å². The third kappa shape index (κ3) is 4.65. The van der Waals surface area contributed by atoms with Gasteiger partial charge in [0.2, 0.25) is 0 Å². The van der Waals surface area contributed by atoms with E-state index in [1.807, 2.05) is 54.6 Å². The molecule has 0 unspecified atom stereocenters. The lowest BCUT2D eigenvalue weighted by molar-refractivity contribution is 0.130. The summed E-state index contributed by atoms with van der Waals surface area (Å²) in [6.07, 6.45) is 0.647. The topological polar surface area (TPSA) is 34.7 Å². The van der Waals surface area contributed by atoms with E-state index in [2.05, 4.69) is 54.0 Å². The minimum absolute atomic E-state index is 0.419. The van der Waals surface area contributed by atoms with Crippen LogP contribution in [0, 0.1) is 20.8 Å². The van der Waals surface area contributed by atoms with Gasteiger partial charge in [-0.05, 0) is 67.3 Å². The van der Waals surface area contributed by atoms with Gasteiger partial charge in [-0.3, -0.25) is 0 Å². The number of nitrogens with zero attached hydrogens (tertiary/aromatic N) is 1. The maximum Gasteiger partial charge on any atom is 0.153 e. The van der Waals surface area contributed by atoms with Gasteiger partial charge in [0.15, 0.2) is 5.76 Å². The molecule has 152 valence electrons. The molecule has 3 nitrogen and oxygen atoms in total. The van der Waals surface area contributed by atoms with Crippen molar-refractivity contribution >= 4 is 32.6 Å². The zero-order chi connectivity index (χ0) is 21.1. The Hall–Kier alpha value is -2.85. The second kappa shape index (κ2) is 8.88. The zero-order valence-corrected chi connectivity index (χ0v) is 19.0. The third-order valence-corrected chi connectivity index (χ3v) is 5.69. The zero-order valence-electron chi connectivity index (χ0n) is 17.4. The van der Waals surface area contributed by atoms with E-state index in [-0.39, 0.29) is 0 Å². The van der Waals surface area contributed by atoms with Crippen molar-refractivity contribution in [3.63, 3.8) is 0 Å². The Balaban J connectivity index is 1.69. The lowest BCUT2D eigenvalue weighted by Gasteiger charge is -2.12. The van der Waals surface area contributed by atoms with Gasteiger partial charge in [-0.15, -0.1) is 0 Å². The summed E-state index contributed by atoms with van der Waals surface area (Å²) in [6, 6.07) is 22.5. The SMILES string of the molecule is Cc1cc(C)c(CC(=NOCc2ccccc2)c2cc3cc(Br)ccc3o2)c(C)c1. The molecule has 0 aliphatic heterocycles. The number of oxime groups is 1. The molecule has 0 amide bonds. The largest absolute Gasteiger partial charge is 0.455 e. The number of furan rings is 1. The summed E-state index contributed by atoms with van der Waals surface area (Å²) in [5.74, 6) is 0.732. The van der Waals surface area contributed by atoms with Crippen molar-refractivity contribution in [3.8, 4) is 0 Å². The molecule has 1 heterocycles. The number of aryl methyl sites for hydroxylation is 3. The molecular weight excluding hydrogens is 438 g/mol. The van der Waals surface area contributed by atoms with Crippen molar-refractivity contribution < 1.29 is 9.25 Å². The molecule has 0 atom stereocenters. The lowest BCUT2D eigenvalue weighted by Crippen LogP contribution is -2.08. The Labute approximate surface area is 185 Å². The highest BCUT2D eigenvalue weighted by atomic mass is 79.9. The predicted molar refractivity (Wildman–Crippen MR) is 126 cm³/mol. The van der Waals surface area contributed by atoms with Crippen molar-refractivity contribution in [2.75, 3.05) is 0 Å². The molecule has 0 N–H and O–H groups in total. The fourth-order valence-electron chi connectivity index (χ4n) is 3.74. The fourth-order valence-corrected chi connectivity index (χ4v) is 4.11. The first kappa shape index (κ1) is 20.4. The first-order valence-corrected chi connectivity index (χ1v) is 10.8. The lowest BCUT2D eigenvalue weighted by atomic mass is 9.95. The second-order valence-corrected chi connectivity index (χ2v) is 8.56. The Morgan fingerprint density at radius 1 is 0.933 bits per heavy atom. The van der Waals surface area contributed by atoms with Gasteiger partial charge in [0.1, 0.15) is 17.9 Å². The molecule has 4 aromatic rings. The minimum atomic E-state index is 0.419. The molecule has 4 heteroatoms. The van der Waals surface area contributed by atoms with E-state index in [1.54, 1.807) is 0 Å². The van der Waals surface area contributed by atoms with Crippen LogP contribution in [0.4, 0.5) is 0 Å². The van der Waals surface area contributed by atoms with E-state index in [9.17, 15) is 0 Å². The van der Waals surface area contributed by atoms with Gasteiger partial charge >= 0.3 is 0 Å². The molecule has 4 rings (SSSR count). The van der Waals surface area contributed by atoms with Gasteiger partial charge in [-0.1, -0.05) is 69.1 Å². The molecule has 0 bridgehead atoms. The summed E-state index contributed by atoms with van der Waals surface area (Å²) in [6.45, 7) is 6.84. The van der Waals surface area contributed by atoms with Crippen LogP contribution in [-0.2, 0) is 17.9 Å². The molecule has 0 spiro atoms. The summed E-state index contributed by atoms with van der Waals surface area (Å²) >= 11 is 3.53. The number of hydrogen-bond donors (Lipinski definition) is 0. The Kier molecular flexibility index (Phi) is 6.05. The average Bonchev–Trinajstić information content (AvgIpc) is 3.13. The van der Waals surface area contributed by atoms with Crippen LogP contribution >= 0.6 is 15.9 Å². The van der Waals surface area contributed by atoms with E-state index in [4.69, 9.17) is 9.25 Å². The van der Waals surface area contributed by atoms with Crippen LogP contribution in [0.3, 0.4) is 0 Å². The van der Waals surface area contributed by atoms with Crippen molar-refractivity contribution in [2.45, 2.75) is 33.8 Å². The molecule has 0 aliphatic rings. The number of benzene rings is 3. The van der Waals surface area contributed by atoms with Gasteiger partial charge in [-0.2, -0.15) is 0 Å². The highest BCUT2D eigenvalue weighted by molar-refractivity contribution is 9.10. The Bertz CT molecular complexity index is 1190. The van der Waals surface area contributed by atoms with Crippen LogP contribution in [0.25, 0.3) is 11.0 Å². The molecule has 1 aromatic heterocycles. The maximum absolute atomic E-state index is 6.13. The normalized spacial score (nSPS) is 11.8. The molecule has 0 saturated heterocycles. The summed E-state index contributed by atoms with van der Waals surface area (Å²) < 4.78 is 7.15. The first-order chi connectivity index (χ1) is 14.5. The van der Waals surface area contributed by atoms with Gasteiger partial charge < -0.3 is 9.25 Å². The highest BCUT2D eigenvalue weighted by Gasteiger charge is 2.16. The molecule has 3 aromatic carbocycles. The van der Waals surface area contributed by atoms with E-state index < -0.39 is 0 Å². The van der Waals surface area contributed by atoms with Crippen molar-refractivity contribution in [3.05, 3.63) is 105 Å².